The van der Waals surface area contributed by atoms with E-state index >= 15 is 0 Å². The molecule has 0 spiro atoms. The largest absolute Gasteiger partial charge is 0.360 e. The Labute approximate surface area is 213 Å². The van der Waals surface area contributed by atoms with Crippen LogP contribution in [0.4, 0.5) is 4.39 Å². The molecule has 2 fully saturated rings. The second kappa shape index (κ2) is 10.0. The van der Waals surface area contributed by atoms with Crippen LogP contribution in [0.25, 0.3) is 10.9 Å². The predicted molar refractivity (Wildman–Crippen MR) is 136 cm³/mol. The van der Waals surface area contributed by atoms with Crippen molar-refractivity contribution in [1.82, 2.24) is 19.7 Å². The summed E-state index contributed by atoms with van der Waals surface area (Å²) in [6.45, 7) is 5.70. The second-order valence-corrected chi connectivity index (χ2v) is 10.0. The van der Waals surface area contributed by atoms with Crippen LogP contribution < -0.4 is 0 Å². The monoisotopic (exact) mass is 510 g/mol. The molecule has 3 heterocycles. The lowest BCUT2D eigenvalue weighted by Crippen LogP contribution is -2.53. The van der Waals surface area contributed by atoms with Crippen molar-refractivity contribution >= 4 is 40.1 Å². The van der Waals surface area contributed by atoms with E-state index in [0.717, 1.165) is 18.4 Å². The number of hydrogen-bond donors (Lipinski definition) is 1. The van der Waals surface area contributed by atoms with Crippen molar-refractivity contribution in [3.8, 4) is 0 Å². The third-order valence-electron chi connectivity index (χ3n) is 7.12. The third-order valence-corrected chi connectivity index (χ3v) is 7.44. The summed E-state index contributed by atoms with van der Waals surface area (Å²) in [7, 11) is 0. The summed E-state index contributed by atoms with van der Waals surface area (Å²) in [5, 5.41) is 0.808. The zero-order valence-electron chi connectivity index (χ0n) is 20.1. The first-order valence-corrected chi connectivity index (χ1v) is 12.6. The quantitative estimate of drug-likeness (QED) is 0.414. The molecule has 9 heteroatoms. The van der Waals surface area contributed by atoms with Crippen LogP contribution in [0, 0.1) is 5.82 Å². The van der Waals surface area contributed by atoms with Gasteiger partial charge < -0.3 is 14.8 Å². The van der Waals surface area contributed by atoms with Crippen LogP contribution >= 0.6 is 11.6 Å². The molecule has 0 saturated carbocycles. The van der Waals surface area contributed by atoms with E-state index in [9.17, 15) is 18.8 Å². The number of rotatable bonds is 5. The SMILES string of the molecule is C[C@@H]1CN(Cc2ccc(F)cc2)CCN1C(=O)c1cc2c(C(=O)C(=O)N3CCCC3)c[nH]c2cc1Cl. The Hall–Kier alpha value is -3.23. The van der Waals surface area contributed by atoms with E-state index in [1.807, 2.05) is 6.92 Å². The average molecular weight is 511 g/mol. The molecule has 2 aromatic carbocycles. The van der Waals surface area contributed by atoms with Crippen molar-refractivity contribution in [3.63, 3.8) is 0 Å². The lowest BCUT2D eigenvalue weighted by atomic mass is 10.0. The number of nitrogens with zero attached hydrogens (tertiary/aromatic N) is 3. The summed E-state index contributed by atoms with van der Waals surface area (Å²) in [5.41, 5.74) is 2.19. The van der Waals surface area contributed by atoms with Gasteiger partial charge in [-0.1, -0.05) is 23.7 Å². The van der Waals surface area contributed by atoms with Crippen molar-refractivity contribution in [1.29, 1.82) is 0 Å². The van der Waals surface area contributed by atoms with Crippen molar-refractivity contribution in [3.05, 3.63) is 70.1 Å². The summed E-state index contributed by atoms with van der Waals surface area (Å²) < 4.78 is 13.2. The minimum absolute atomic E-state index is 0.0671. The highest BCUT2D eigenvalue weighted by Gasteiger charge is 2.31. The third kappa shape index (κ3) is 4.75. The number of aromatic amines is 1. The van der Waals surface area contributed by atoms with E-state index in [4.69, 9.17) is 11.6 Å². The number of amides is 2. The molecule has 5 rings (SSSR count). The summed E-state index contributed by atoms with van der Waals surface area (Å²) in [5.74, 6) is -1.56. The highest BCUT2D eigenvalue weighted by molar-refractivity contribution is 6.45. The van der Waals surface area contributed by atoms with Gasteiger partial charge in [0.1, 0.15) is 5.82 Å². The maximum Gasteiger partial charge on any atom is 0.295 e. The fourth-order valence-corrected chi connectivity index (χ4v) is 5.40. The van der Waals surface area contributed by atoms with E-state index in [2.05, 4.69) is 9.88 Å². The Morgan fingerprint density at radius 2 is 1.75 bits per heavy atom. The van der Waals surface area contributed by atoms with Crippen LogP contribution in [0.3, 0.4) is 0 Å². The lowest BCUT2D eigenvalue weighted by molar-refractivity contribution is -0.125. The Morgan fingerprint density at radius 1 is 1.03 bits per heavy atom. The first kappa shape index (κ1) is 24.5. The number of fused-ring (bicyclic) bond motifs is 1. The van der Waals surface area contributed by atoms with Gasteiger partial charge in [-0.05, 0) is 49.6 Å². The van der Waals surface area contributed by atoms with Gasteiger partial charge in [0, 0.05) is 62.4 Å². The Balaban J connectivity index is 1.33. The molecule has 2 aliphatic rings. The van der Waals surface area contributed by atoms with Crippen LogP contribution in [-0.2, 0) is 11.3 Å². The number of hydrogen-bond acceptors (Lipinski definition) is 4. The molecule has 0 unspecified atom stereocenters. The highest BCUT2D eigenvalue weighted by atomic mass is 35.5. The predicted octanol–water partition coefficient (Wildman–Crippen LogP) is 4.11. The molecule has 2 aliphatic heterocycles. The summed E-state index contributed by atoms with van der Waals surface area (Å²) >= 11 is 6.50. The minimum Gasteiger partial charge on any atom is -0.360 e. The Morgan fingerprint density at radius 3 is 2.44 bits per heavy atom. The number of aromatic nitrogens is 1. The summed E-state index contributed by atoms with van der Waals surface area (Å²) in [4.78, 5) is 47.8. The smallest absolute Gasteiger partial charge is 0.295 e. The second-order valence-electron chi connectivity index (χ2n) is 9.62. The molecule has 0 aliphatic carbocycles. The van der Waals surface area contributed by atoms with Crippen LogP contribution in [0.1, 0.15) is 46.0 Å². The maximum absolute atomic E-state index is 13.5. The van der Waals surface area contributed by atoms with Crippen molar-refractivity contribution in [2.75, 3.05) is 32.7 Å². The molecule has 2 saturated heterocycles. The topological polar surface area (TPSA) is 76.7 Å². The highest BCUT2D eigenvalue weighted by Crippen LogP contribution is 2.29. The molecule has 0 bridgehead atoms. The van der Waals surface area contributed by atoms with Gasteiger partial charge in [0.2, 0.25) is 0 Å². The number of piperazine rings is 1. The standard InChI is InChI=1S/C27H28ClFN4O3/c1-17-15-31(16-18-4-6-19(29)7-5-18)10-11-33(17)26(35)21-12-20-22(14-30-24(20)13-23(21)28)25(34)27(36)32-8-2-3-9-32/h4-7,12-14,17,30H,2-3,8-11,15-16H2,1H3/t17-/m1/s1. The van der Waals surface area contributed by atoms with E-state index in [1.54, 1.807) is 34.1 Å². The van der Waals surface area contributed by atoms with Gasteiger partial charge in [-0.2, -0.15) is 0 Å². The Bertz CT molecular complexity index is 1320. The summed E-state index contributed by atoms with van der Waals surface area (Å²) in [6.07, 6.45) is 3.31. The van der Waals surface area contributed by atoms with E-state index in [-0.39, 0.29) is 23.3 Å². The molecule has 1 atom stereocenters. The molecular formula is C27H28ClFN4O3. The average Bonchev–Trinajstić information content (AvgIpc) is 3.54. The minimum atomic E-state index is -0.577. The number of Topliss-reactive ketones (excluding diaryl/α,β-unsaturated/α-hetero) is 1. The molecule has 36 heavy (non-hydrogen) atoms. The first-order chi connectivity index (χ1) is 17.3. The number of H-pyrrole nitrogens is 1. The Kier molecular flexibility index (Phi) is 6.81. The number of benzene rings is 2. The van der Waals surface area contributed by atoms with Crippen LogP contribution in [0.2, 0.25) is 5.02 Å². The van der Waals surface area contributed by atoms with Gasteiger partial charge in [-0.15, -0.1) is 0 Å². The zero-order valence-corrected chi connectivity index (χ0v) is 20.9. The first-order valence-electron chi connectivity index (χ1n) is 12.2. The number of nitrogens with one attached hydrogen (secondary N) is 1. The van der Waals surface area contributed by atoms with Gasteiger partial charge in [0.05, 0.1) is 16.1 Å². The molecule has 0 radical (unpaired) electrons. The molecule has 3 aromatic rings. The molecule has 7 nitrogen and oxygen atoms in total. The lowest BCUT2D eigenvalue weighted by Gasteiger charge is -2.40. The van der Waals surface area contributed by atoms with E-state index in [0.29, 0.717) is 60.8 Å². The summed E-state index contributed by atoms with van der Waals surface area (Å²) in [6, 6.07) is 9.65. The van der Waals surface area contributed by atoms with Crippen LogP contribution in [0.5, 0.6) is 0 Å². The fourth-order valence-electron chi connectivity index (χ4n) is 5.16. The number of carbonyl (C=O) groups is 3. The number of carbonyl (C=O) groups excluding carboxylic acids is 3. The van der Waals surface area contributed by atoms with Gasteiger partial charge in [-0.25, -0.2) is 4.39 Å². The maximum atomic E-state index is 13.5. The van der Waals surface area contributed by atoms with Gasteiger partial charge >= 0.3 is 0 Å². The van der Waals surface area contributed by atoms with Crippen molar-refractivity contribution < 1.29 is 18.8 Å². The molecule has 1 N–H and O–H groups in total. The van der Waals surface area contributed by atoms with E-state index in [1.165, 1.54) is 18.3 Å². The number of ketones is 1. The van der Waals surface area contributed by atoms with Crippen molar-refractivity contribution in [2.24, 2.45) is 0 Å². The van der Waals surface area contributed by atoms with Gasteiger partial charge in [0.15, 0.2) is 0 Å². The normalized spacial score (nSPS) is 18.7. The molecular weight excluding hydrogens is 483 g/mol. The molecule has 188 valence electrons. The molecule has 1 aromatic heterocycles. The van der Waals surface area contributed by atoms with Gasteiger partial charge in [0.25, 0.3) is 17.6 Å². The van der Waals surface area contributed by atoms with Gasteiger partial charge in [-0.3, -0.25) is 19.3 Å². The number of likely N-dealkylation sites (tertiary alicyclic amines) is 1. The van der Waals surface area contributed by atoms with Crippen LogP contribution in [0.15, 0.2) is 42.6 Å². The molecule has 2 amide bonds. The van der Waals surface area contributed by atoms with Crippen LogP contribution in [-0.4, -0.2) is 76.0 Å². The zero-order chi connectivity index (χ0) is 25.4. The van der Waals surface area contributed by atoms with E-state index < -0.39 is 11.7 Å². The number of halogens is 2. The van der Waals surface area contributed by atoms with Crippen molar-refractivity contribution in [2.45, 2.75) is 32.4 Å². The fraction of sp³-hybridized carbons (Fsp3) is 0.370.